The monoisotopic (exact) mass is 262 g/mol. The molecule has 94 valence electrons. The number of rotatable bonds is 4. The Morgan fingerprint density at radius 3 is 2.94 bits per heavy atom. The largest absolute Gasteiger partial charge is 0.481 e. The topological polar surface area (TPSA) is 55.1 Å². The summed E-state index contributed by atoms with van der Waals surface area (Å²) < 4.78 is 2.20. The minimum Gasteiger partial charge on any atom is -0.481 e. The van der Waals surface area contributed by atoms with Crippen LogP contribution in [0.4, 0.5) is 0 Å². The Hall–Kier alpha value is -1.49. The number of carboxylic acid groups (broad SMARTS) is 1. The highest BCUT2D eigenvalue weighted by molar-refractivity contribution is 7.99. The fourth-order valence-corrected chi connectivity index (χ4v) is 3.02. The maximum absolute atomic E-state index is 10.7. The summed E-state index contributed by atoms with van der Waals surface area (Å²) in [5.41, 5.74) is 2.06. The highest BCUT2D eigenvalue weighted by atomic mass is 32.2. The summed E-state index contributed by atoms with van der Waals surface area (Å²) in [5, 5.41) is 9.62. The Morgan fingerprint density at radius 1 is 1.56 bits per heavy atom. The molecule has 1 fully saturated rings. The second-order valence-electron chi connectivity index (χ2n) is 4.72. The number of thioether (sulfide) groups is 1. The molecule has 0 amide bonds. The molecule has 1 saturated carbocycles. The van der Waals surface area contributed by atoms with Crippen LogP contribution in [-0.4, -0.2) is 26.4 Å². The van der Waals surface area contributed by atoms with Crippen LogP contribution in [0.25, 0.3) is 11.0 Å². The van der Waals surface area contributed by atoms with E-state index in [0.717, 1.165) is 22.6 Å². The van der Waals surface area contributed by atoms with E-state index in [1.807, 2.05) is 18.2 Å². The number of carboxylic acids is 1. The lowest BCUT2D eigenvalue weighted by Crippen LogP contribution is -2.02. The van der Waals surface area contributed by atoms with Gasteiger partial charge < -0.3 is 9.67 Å². The van der Waals surface area contributed by atoms with Gasteiger partial charge in [0.15, 0.2) is 5.16 Å². The van der Waals surface area contributed by atoms with E-state index in [9.17, 15) is 4.79 Å². The summed E-state index contributed by atoms with van der Waals surface area (Å²) in [5.74, 6) is -0.0843. The first-order chi connectivity index (χ1) is 8.66. The fraction of sp³-hybridized carbons (Fsp3) is 0.385. The molecule has 3 rings (SSSR count). The van der Waals surface area contributed by atoms with E-state index in [4.69, 9.17) is 5.11 Å². The van der Waals surface area contributed by atoms with E-state index in [1.54, 1.807) is 0 Å². The van der Waals surface area contributed by atoms with Gasteiger partial charge in [-0.05, 0) is 24.5 Å². The second-order valence-corrected chi connectivity index (χ2v) is 5.66. The molecule has 4 nitrogen and oxygen atoms in total. The average Bonchev–Trinajstić information content (AvgIpc) is 2.93. The molecule has 1 aliphatic carbocycles. The number of aromatic nitrogens is 2. The van der Waals surface area contributed by atoms with Crippen molar-refractivity contribution in [3.05, 3.63) is 24.3 Å². The molecule has 1 N–H and O–H groups in total. The van der Waals surface area contributed by atoms with Crippen molar-refractivity contribution in [3.63, 3.8) is 0 Å². The van der Waals surface area contributed by atoms with Crippen LogP contribution in [0.1, 0.15) is 19.4 Å². The zero-order valence-electron chi connectivity index (χ0n) is 10.0. The number of nitrogens with zero attached hydrogens (tertiary/aromatic N) is 2. The first-order valence-corrected chi connectivity index (χ1v) is 6.97. The van der Waals surface area contributed by atoms with Crippen molar-refractivity contribution in [2.24, 2.45) is 5.92 Å². The molecular formula is C13H14N2O2S. The molecule has 18 heavy (non-hydrogen) atoms. The summed E-state index contributed by atoms with van der Waals surface area (Å²) in [6, 6.07) is 8.47. The number of hydrogen-bond acceptors (Lipinski definition) is 3. The summed E-state index contributed by atoms with van der Waals surface area (Å²) in [4.78, 5) is 15.2. The van der Waals surface area contributed by atoms with E-state index < -0.39 is 5.97 Å². The van der Waals surface area contributed by atoms with Gasteiger partial charge in [0.25, 0.3) is 0 Å². The molecule has 0 aliphatic heterocycles. The molecule has 2 atom stereocenters. The smallest absolute Gasteiger partial charge is 0.313 e. The molecule has 1 aromatic heterocycles. The molecule has 0 bridgehead atoms. The number of aliphatic carboxylic acids is 1. The molecule has 0 saturated heterocycles. The predicted molar refractivity (Wildman–Crippen MR) is 70.9 cm³/mol. The Morgan fingerprint density at radius 2 is 2.28 bits per heavy atom. The molecule has 1 aromatic carbocycles. The lowest BCUT2D eigenvalue weighted by Gasteiger charge is -2.06. The van der Waals surface area contributed by atoms with E-state index in [0.29, 0.717) is 12.0 Å². The van der Waals surface area contributed by atoms with E-state index >= 15 is 0 Å². The third kappa shape index (κ3) is 1.99. The van der Waals surface area contributed by atoms with Gasteiger partial charge in [-0.25, -0.2) is 4.98 Å². The van der Waals surface area contributed by atoms with Gasteiger partial charge in [0.1, 0.15) is 0 Å². The van der Waals surface area contributed by atoms with Crippen molar-refractivity contribution in [1.82, 2.24) is 9.55 Å². The lowest BCUT2D eigenvalue weighted by molar-refractivity contribution is -0.133. The maximum atomic E-state index is 10.7. The zero-order chi connectivity index (χ0) is 12.7. The van der Waals surface area contributed by atoms with Crippen LogP contribution < -0.4 is 0 Å². The highest BCUT2D eigenvalue weighted by Crippen LogP contribution is 2.46. The number of imidazole rings is 1. The third-order valence-electron chi connectivity index (χ3n) is 3.29. The summed E-state index contributed by atoms with van der Waals surface area (Å²) >= 11 is 1.30. The van der Waals surface area contributed by atoms with Crippen molar-refractivity contribution in [1.29, 1.82) is 0 Å². The Labute approximate surface area is 109 Å². The van der Waals surface area contributed by atoms with Gasteiger partial charge in [-0.2, -0.15) is 0 Å². The summed E-state index contributed by atoms with van der Waals surface area (Å²) in [6.45, 7) is 2.21. The van der Waals surface area contributed by atoms with Gasteiger partial charge in [0.05, 0.1) is 16.8 Å². The third-order valence-corrected chi connectivity index (χ3v) is 4.22. The van der Waals surface area contributed by atoms with Crippen LogP contribution in [-0.2, 0) is 4.79 Å². The molecule has 1 aliphatic rings. The molecule has 1 heterocycles. The molecule has 5 heteroatoms. The zero-order valence-corrected chi connectivity index (χ0v) is 10.9. The molecular weight excluding hydrogens is 248 g/mol. The normalized spacial score (nSPS) is 22.3. The van der Waals surface area contributed by atoms with Crippen LogP contribution in [0.2, 0.25) is 0 Å². The first-order valence-electron chi connectivity index (χ1n) is 5.98. The average molecular weight is 262 g/mol. The van der Waals surface area contributed by atoms with Gasteiger partial charge in [0, 0.05) is 6.04 Å². The van der Waals surface area contributed by atoms with E-state index in [2.05, 4.69) is 22.5 Å². The predicted octanol–water partition coefficient (Wildman–Crippen LogP) is 2.79. The van der Waals surface area contributed by atoms with Crippen LogP contribution in [0, 0.1) is 5.92 Å². The Bertz CT molecular complexity index is 608. The summed E-state index contributed by atoms with van der Waals surface area (Å²) in [7, 11) is 0. The molecule has 2 unspecified atom stereocenters. The SMILES string of the molecule is CC1CC1n1c(SCC(=O)O)nc2ccccc21. The van der Waals surface area contributed by atoms with Gasteiger partial charge >= 0.3 is 5.97 Å². The minimum atomic E-state index is -0.803. The maximum Gasteiger partial charge on any atom is 0.313 e. The Balaban J connectivity index is 2.03. The van der Waals surface area contributed by atoms with E-state index in [1.165, 1.54) is 11.8 Å². The Kier molecular flexibility index (Phi) is 2.78. The summed E-state index contributed by atoms with van der Waals surface area (Å²) in [6.07, 6.45) is 1.15. The minimum absolute atomic E-state index is 0.0599. The van der Waals surface area contributed by atoms with Crippen LogP contribution in [0.3, 0.4) is 0 Å². The fourth-order valence-electron chi connectivity index (χ4n) is 2.23. The van der Waals surface area contributed by atoms with Gasteiger partial charge in [-0.3, -0.25) is 4.79 Å². The molecule has 0 radical (unpaired) electrons. The molecule has 0 spiro atoms. The standard InChI is InChI=1S/C13H14N2O2S/c1-8-6-11(8)15-10-5-3-2-4-9(10)14-13(15)18-7-12(16)17/h2-5,8,11H,6-7H2,1H3,(H,16,17). The lowest BCUT2D eigenvalue weighted by atomic mass is 10.3. The number of fused-ring (bicyclic) bond motifs is 1. The van der Waals surface area contributed by atoms with Crippen molar-refractivity contribution >= 4 is 28.8 Å². The number of benzene rings is 1. The van der Waals surface area contributed by atoms with E-state index in [-0.39, 0.29) is 5.75 Å². The van der Waals surface area contributed by atoms with Crippen molar-refractivity contribution in [2.75, 3.05) is 5.75 Å². The van der Waals surface area contributed by atoms with Gasteiger partial charge in [-0.15, -0.1) is 0 Å². The highest BCUT2D eigenvalue weighted by Gasteiger charge is 2.37. The van der Waals surface area contributed by atoms with Crippen LogP contribution in [0.5, 0.6) is 0 Å². The number of carbonyl (C=O) groups is 1. The van der Waals surface area contributed by atoms with Crippen molar-refractivity contribution in [3.8, 4) is 0 Å². The number of hydrogen-bond donors (Lipinski definition) is 1. The van der Waals surface area contributed by atoms with Crippen LogP contribution in [0.15, 0.2) is 29.4 Å². The quantitative estimate of drug-likeness (QED) is 0.861. The van der Waals surface area contributed by atoms with Crippen molar-refractivity contribution in [2.45, 2.75) is 24.5 Å². The molecule has 2 aromatic rings. The van der Waals surface area contributed by atoms with Gasteiger partial charge in [0.2, 0.25) is 0 Å². The first kappa shape index (κ1) is 11.6. The van der Waals surface area contributed by atoms with Crippen LogP contribution >= 0.6 is 11.8 Å². The second kappa shape index (κ2) is 4.31. The van der Waals surface area contributed by atoms with Crippen molar-refractivity contribution < 1.29 is 9.90 Å². The van der Waals surface area contributed by atoms with Gasteiger partial charge in [-0.1, -0.05) is 30.8 Å². The number of para-hydroxylation sites is 2.